The third-order valence-corrected chi connectivity index (χ3v) is 14.7. The molecule has 26 heteroatoms. The summed E-state index contributed by atoms with van der Waals surface area (Å²) in [6.45, 7) is 0. The number of benzene rings is 4. The van der Waals surface area contributed by atoms with Gasteiger partial charge in [-0.05, 0) is 229 Å². The molecular weight excluding hydrogens is 1730 g/mol. The molecule has 1 aliphatic rings. The highest BCUT2D eigenvalue weighted by Gasteiger charge is 2.76. The smallest absolute Gasteiger partial charge is 0.435 e. The van der Waals surface area contributed by atoms with Crippen molar-refractivity contribution in [1.82, 2.24) is 0 Å². The summed E-state index contributed by atoms with van der Waals surface area (Å²) >= 11 is 15.0. The van der Waals surface area contributed by atoms with Crippen LogP contribution in [-0.4, -0.2) is 60.6 Å². The van der Waals surface area contributed by atoms with Crippen LogP contribution in [0.15, 0.2) is 42.5 Å². The fourth-order valence-electron chi connectivity index (χ4n) is 5.01. The molecule has 0 spiro atoms. The van der Waals surface area contributed by atoms with Crippen LogP contribution < -0.4 is 14.2 Å². The van der Waals surface area contributed by atoms with E-state index in [-0.39, 0.29) is 30.5 Å². The quantitative estimate of drug-likeness (QED) is 0.0466. The minimum Gasteiger partial charge on any atom is -0.435 e. The second-order valence-corrected chi connectivity index (χ2v) is 22.7. The van der Waals surface area contributed by atoms with Crippen LogP contribution in [0.1, 0.15) is 52.6 Å². The predicted molar refractivity (Wildman–Crippen MR) is 262 cm³/mol. The molecule has 1 aliphatic carbocycles. The lowest BCUT2D eigenvalue weighted by atomic mass is 9.97. The lowest BCUT2D eigenvalue weighted by Crippen LogP contribution is -2.63. The van der Waals surface area contributed by atoms with Crippen LogP contribution in [0.4, 0.5) is 26.3 Å². The maximum absolute atomic E-state index is 14.4. The van der Waals surface area contributed by atoms with Crippen LogP contribution in [0.2, 0.25) is 0 Å². The number of halogens is 14. The summed E-state index contributed by atoms with van der Waals surface area (Å²) in [7, 11) is -6.23. The van der Waals surface area contributed by atoms with Crippen molar-refractivity contribution in [1.29, 1.82) is 0 Å². The average Bonchev–Trinajstić information content (AvgIpc) is 3.89. The third-order valence-electron chi connectivity index (χ3n) is 7.74. The van der Waals surface area contributed by atoms with Gasteiger partial charge in [-0.1, -0.05) is 0 Å². The van der Waals surface area contributed by atoms with Gasteiger partial charge in [0, 0.05) is 22.7 Å². The molecule has 0 saturated carbocycles. The topological polar surface area (TPSA) is 160 Å². The molecule has 4 aromatic rings. The summed E-state index contributed by atoms with van der Waals surface area (Å²) in [5, 5.41) is 0. The Labute approximate surface area is 437 Å². The number of ether oxygens (including phenoxy) is 4. The van der Waals surface area contributed by atoms with Crippen molar-refractivity contribution in [2.45, 2.75) is 24.4 Å². The predicted octanol–water partition coefficient (Wildman–Crippen LogP) is 11.0. The van der Waals surface area contributed by atoms with Crippen molar-refractivity contribution in [3.8, 4) is 17.2 Å². The van der Waals surface area contributed by atoms with Crippen LogP contribution in [0.5, 0.6) is 17.2 Å². The molecule has 0 bridgehead atoms. The molecule has 59 heavy (non-hydrogen) atoms. The zero-order chi connectivity index (χ0) is 44.3. The van der Waals surface area contributed by atoms with Gasteiger partial charge in [0.25, 0.3) is 10.1 Å². The Hall–Kier alpha value is 0.0900. The SMILES string of the molecule is O=C(Oc1c(I)cc(I)cc1I)c1cc(C(=O)Oc2c(I)cc(I)cc2I)c(C(=O)OC(CS(=O)(=O)O)(C(F)(F)F)C(F)(F)F)cc1C(=O)Oc1c(I)cc(I)c2c1C2. The first-order valence-electron chi connectivity index (χ1n) is 15.0. The number of carbonyl (C=O) groups is 4. The van der Waals surface area contributed by atoms with Crippen molar-refractivity contribution in [2.75, 3.05) is 5.75 Å². The summed E-state index contributed by atoms with van der Waals surface area (Å²) < 4.78 is 143. The highest BCUT2D eigenvalue weighted by Crippen LogP contribution is 2.48. The normalized spacial score (nSPS) is 12.7. The van der Waals surface area contributed by atoms with E-state index in [0.29, 0.717) is 32.3 Å². The molecule has 0 atom stereocenters. The van der Waals surface area contributed by atoms with Gasteiger partial charge in [0.15, 0.2) is 11.5 Å². The first kappa shape index (κ1) is 50.1. The summed E-state index contributed by atoms with van der Waals surface area (Å²) in [4.78, 5) is 55.9. The zero-order valence-corrected chi connectivity index (χ0v) is 45.8. The Morgan fingerprint density at radius 3 is 1.22 bits per heavy atom. The Bertz CT molecular complexity index is 2540. The van der Waals surface area contributed by atoms with Crippen LogP contribution in [-0.2, 0) is 21.3 Å². The van der Waals surface area contributed by atoms with E-state index in [0.717, 1.165) is 12.7 Å². The number of rotatable bonds is 10. The van der Waals surface area contributed by atoms with Gasteiger partial charge in [-0.2, -0.15) is 34.8 Å². The lowest BCUT2D eigenvalue weighted by Gasteiger charge is -2.35. The van der Waals surface area contributed by atoms with Gasteiger partial charge < -0.3 is 18.9 Å². The highest BCUT2D eigenvalue weighted by molar-refractivity contribution is 14.1. The van der Waals surface area contributed by atoms with Crippen molar-refractivity contribution < 1.29 is 77.4 Å². The molecule has 11 nitrogen and oxygen atoms in total. The van der Waals surface area contributed by atoms with Gasteiger partial charge >= 0.3 is 41.8 Å². The monoisotopic (exact) mass is 1750 g/mol. The van der Waals surface area contributed by atoms with Crippen LogP contribution >= 0.6 is 181 Å². The number of esters is 4. The van der Waals surface area contributed by atoms with E-state index in [9.17, 15) is 58.5 Å². The Morgan fingerprint density at radius 2 is 0.864 bits per heavy atom. The molecule has 1 N–H and O–H groups in total. The number of fused-ring (bicyclic) bond motifs is 1. The van der Waals surface area contributed by atoms with Gasteiger partial charge in [-0.25, -0.2) is 19.2 Å². The first-order valence-corrected chi connectivity index (χ1v) is 25.2. The molecule has 314 valence electrons. The Kier molecular flexibility index (Phi) is 16.0. The Morgan fingerprint density at radius 1 is 0.525 bits per heavy atom. The molecule has 0 fully saturated rings. The van der Waals surface area contributed by atoms with Gasteiger partial charge in [0.2, 0.25) is 0 Å². The van der Waals surface area contributed by atoms with Crippen LogP contribution in [0.3, 0.4) is 0 Å². The van der Waals surface area contributed by atoms with E-state index in [1.165, 1.54) is 12.1 Å². The van der Waals surface area contributed by atoms with Gasteiger partial charge in [-0.15, -0.1) is 0 Å². The van der Waals surface area contributed by atoms with E-state index in [1.807, 2.05) is 136 Å². The number of carbonyl (C=O) groups excluding carboxylic acids is 4. The molecule has 0 saturated heterocycles. The average molecular weight is 1750 g/mol. The fourth-order valence-corrected chi connectivity index (χ4v) is 15.7. The van der Waals surface area contributed by atoms with E-state index < -0.39 is 80.0 Å². The second kappa shape index (κ2) is 18.9. The van der Waals surface area contributed by atoms with Gasteiger partial charge in [-0.3, -0.25) is 4.55 Å². The fraction of sp³-hybridized carbons (Fsp3) is 0.152. The van der Waals surface area contributed by atoms with Crippen LogP contribution in [0.25, 0.3) is 0 Å². The molecule has 0 heterocycles. The number of hydrogen-bond acceptors (Lipinski definition) is 10. The zero-order valence-electron chi connectivity index (χ0n) is 27.7. The van der Waals surface area contributed by atoms with Crippen molar-refractivity contribution >= 4 is 215 Å². The minimum atomic E-state index is -6.76. The minimum absolute atomic E-state index is 0.0103. The summed E-state index contributed by atoms with van der Waals surface area (Å²) in [6.07, 6.45) is -13.1. The van der Waals surface area contributed by atoms with Crippen molar-refractivity contribution in [3.63, 3.8) is 0 Å². The lowest BCUT2D eigenvalue weighted by molar-refractivity contribution is -0.356. The van der Waals surface area contributed by atoms with Crippen molar-refractivity contribution in [3.05, 3.63) is 104 Å². The molecule has 0 unspecified atom stereocenters. The van der Waals surface area contributed by atoms with Crippen LogP contribution in [0, 0.1) is 28.6 Å². The second-order valence-electron chi connectivity index (χ2n) is 11.8. The van der Waals surface area contributed by atoms with Crippen molar-refractivity contribution in [2.24, 2.45) is 0 Å². The first-order chi connectivity index (χ1) is 27.0. The largest absolute Gasteiger partial charge is 0.438 e. The number of alkyl halides is 6. The summed E-state index contributed by atoms with van der Waals surface area (Å²) in [5.74, 6) is -10.7. The maximum atomic E-state index is 14.4. The summed E-state index contributed by atoms with van der Waals surface area (Å²) in [6, 6.07) is 8.66. The van der Waals surface area contributed by atoms with E-state index >= 15 is 0 Å². The van der Waals surface area contributed by atoms with E-state index in [4.69, 9.17) is 14.2 Å². The molecule has 0 aromatic heterocycles. The molecule has 0 amide bonds. The summed E-state index contributed by atoms with van der Waals surface area (Å²) in [5.41, 5.74) is -9.19. The molecule has 0 radical (unpaired) electrons. The molecule has 4 aromatic carbocycles. The third kappa shape index (κ3) is 11.3. The standard InChI is InChI=1S/C33H12F6I8O11S/c34-32(35,36)31(33(37,38)39,9-59(52,53)54)58-30(51)17-7-15(27(48)55-24-13-5-12(13)18(42)8-23(24)47)14(28(49)56-25-19(43)1-10(40)2-20(25)44)6-16(17)29(50)57-26-21(45)3-11(41)4-22(26)46/h1-4,6-8H,5,9H2,(H,52,53,54). The molecule has 5 rings (SSSR count). The Balaban J connectivity index is 1.78. The van der Waals surface area contributed by atoms with E-state index in [1.54, 1.807) is 63.4 Å². The van der Waals surface area contributed by atoms with E-state index in [2.05, 4.69) is 4.74 Å². The van der Waals surface area contributed by atoms with Gasteiger partial charge in [0.1, 0.15) is 11.5 Å². The highest BCUT2D eigenvalue weighted by atomic mass is 127. The maximum Gasteiger partial charge on any atom is 0.438 e. The molecular formula is C33H12F6I8O11S. The van der Waals surface area contributed by atoms with Gasteiger partial charge in [0.05, 0.1) is 40.1 Å². The number of hydrogen-bond donors (Lipinski definition) is 1. The molecule has 0 aliphatic heterocycles.